The summed E-state index contributed by atoms with van der Waals surface area (Å²) in [5, 5.41) is 0. The van der Waals surface area contributed by atoms with Crippen LogP contribution in [0.15, 0.2) is 34.9 Å². The molecule has 32 heavy (non-hydrogen) atoms. The highest BCUT2D eigenvalue weighted by Gasteiger charge is 2.34. The van der Waals surface area contributed by atoms with E-state index in [4.69, 9.17) is 9.47 Å². The van der Waals surface area contributed by atoms with Crippen LogP contribution in [0.2, 0.25) is 0 Å². The third kappa shape index (κ3) is 7.02. The standard InChI is InChI=1S/C30H46O2/c1-21(2)13-10-14-22(3)15-11-16-23(4)17-12-19-30(8)20-18-27-26(7)28(31-9)24(5)25(6)29(27)32-30/h13,15,17H,10-12,14,16,18-20H2,1-9H3/b22-15+,23-17+. The molecule has 1 unspecified atom stereocenters. The number of ether oxygens (including phenoxy) is 2. The average Bonchev–Trinajstić information content (AvgIpc) is 2.72. The Hall–Kier alpha value is -1.96. The zero-order valence-electron chi connectivity index (χ0n) is 22.2. The normalized spacial score (nSPS) is 18.8. The molecule has 2 heteroatoms. The smallest absolute Gasteiger partial charge is 0.127 e. The second-order valence-corrected chi connectivity index (χ2v) is 10.3. The van der Waals surface area contributed by atoms with Gasteiger partial charge in [-0.2, -0.15) is 0 Å². The van der Waals surface area contributed by atoms with Crippen molar-refractivity contribution >= 4 is 0 Å². The van der Waals surface area contributed by atoms with Crippen molar-refractivity contribution < 1.29 is 9.47 Å². The fourth-order valence-corrected chi connectivity index (χ4v) is 4.73. The quantitative estimate of drug-likeness (QED) is 0.339. The van der Waals surface area contributed by atoms with Crippen molar-refractivity contribution in [1.82, 2.24) is 0 Å². The lowest BCUT2D eigenvalue weighted by Crippen LogP contribution is -2.37. The van der Waals surface area contributed by atoms with Crippen LogP contribution in [0, 0.1) is 20.8 Å². The van der Waals surface area contributed by atoms with Gasteiger partial charge in [-0.05, 0) is 123 Å². The van der Waals surface area contributed by atoms with Gasteiger partial charge < -0.3 is 9.47 Å². The molecule has 0 bridgehead atoms. The van der Waals surface area contributed by atoms with E-state index in [2.05, 4.69) is 73.6 Å². The molecular weight excluding hydrogens is 392 g/mol. The van der Waals surface area contributed by atoms with Crippen molar-refractivity contribution in [3.05, 3.63) is 57.2 Å². The highest BCUT2D eigenvalue weighted by Crippen LogP contribution is 2.44. The molecule has 0 aliphatic carbocycles. The topological polar surface area (TPSA) is 18.5 Å². The van der Waals surface area contributed by atoms with Gasteiger partial charge in [-0.15, -0.1) is 0 Å². The molecule has 1 aromatic carbocycles. The maximum atomic E-state index is 6.66. The number of fused-ring (bicyclic) bond motifs is 1. The van der Waals surface area contributed by atoms with Gasteiger partial charge in [0.1, 0.15) is 17.1 Å². The van der Waals surface area contributed by atoms with Crippen LogP contribution in [0.4, 0.5) is 0 Å². The molecule has 0 fully saturated rings. The fourth-order valence-electron chi connectivity index (χ4n) is 4.73. The molecule has 1 aliphatic heterocycles. The molecule has 0 aromatic heterocycles. The number of allylic oxidation sites excluding steroid dienone is 6. The SMILES string of the molecule is COc1c(C)c(C)c2c(c1C)CCC(C)(CC/C=C(\C)CC/C=C(\C)CCC=C(C)C)O2. The van der Waals surface area contributed by atoms with Crippen LogP contribution in [0.25, 0.3) is 0 Å². The van der Waals surface area contributed by atoms with Crippen molar-refractivity contribution in [2.75, 3.05) is 7.11 Å². The largest absolute Gasteiger partial charge is 0.496 e. The monoisotopic (exact) mass is 438 g/mol. The van der Waals surface area contributed by atoms with Gasteiger partial charge in [0.25, 0.3) is 0 Å². The maximum absolute atomic E-state index is 6.66. The zero-order valence-corrected chi connectivity index (χ0v) is 22.2. The zero-order chi connectivity index (χ0) is 23.9. The first-order valence-corrected chi connectivity index (χ1v) is 12.4. The molecule has 2 rings (SSSR count). The molecule has 1 aromatic rings. The number of rotatable bonds is 10. The first-order chi connectivity index (χ1) is 15.1. The van der Waals surface area contributed by atoms with E-state index in [0.717, 1.165) is 56.4 Å². The molecule has 0 amide bonds. The molecule has 0 spiro atoms. The minimum atomic E-state index is -0.0938. The Kier molecular flexibility index (Phi) is 9.67. The molecule has 0 saturated carbocycles. The van der Waals surface area contributed by atoms with E-state index in [9.17, 15) is 0 Å². The lowest BCUT2D eigenvalue weighted by molar-refractivity contribution is 0.0558. The Morgan fingerprint density at radius 2 is 1.47 bits per heavy atom. The number of hydrogen-bond donors (Lipinski definition) is 0. The van der Waals surface area contributed by atoms with E-state index in [1.165, 1.54) is 45.4 Å². The molecule has 1 atom stereocenters. The third-order valence-electron chi connectivity index (χ3n) is 7.06. The average molecular weight is 439 g/mol. The van der Waals surface area contributed by atoms with Crippen LogP contribution in [0.3, 0.4) is 0 Å². The van der Waals surface area contributed by atoms with Gasteiger partial charge >= 0.3 is 0 Å². The molecular formula is C30H46O2. The van der Waals surface area contributed by atoms with E-state index in [1.807, 2.05) is 0 Å². The first kappa shape index (κ1) is 26.3. The Balaban J connectivity index is 1.91. The molecule has 178 valence electrons. The van der Waals surface area contributed by atoms with E-state index < -0.39 is 0 Å². The van der Waals surface area contributed by atoms with Crippen molar-refractivity contribution in [3.8, 4) is 11.5 Å². The summed E-state index contributed by atoms with van der Waals surface area (Å²) in [4.78, 5) is 0. The van der Waals surface area contributed by atoms with Gasteiger partial charge in [0.2, 0.25) is 0 Å². The van der Waals surface area contributed by atoms with Crippen LogP contribution < -0.4 is 9.47 Å². The van der Waals surface area contributed by atoms with Crippen LogP contribution in [0.5, 0.6) is 11.5 Å². The van der Waals surface area contributed by atoms with E-state index >= 15 is 0 Å². The number of methoxy groups -OCH3 is 1. The van der Waals surface area contributed by atoms with Gasteiger partial charge in [0, 0.05) is 5.56 Å². The minimum Gasteiger partial charge on any atom is -0.496 e. The highest BCUT2D eigenvalue weighted by atomic mass is 16.5. The predicted molar refractivity (Wildman–Crippen MR) is 139 cm³/mol. The summed E-state index contributed by atoms with van der Waals surface area (Å²) in [5.74, 6) is 2.12. The summed E-state index contributed by atoms with van der Waals surface area (Å²) >= 11 is 0. The minimum absolute atomic E-state index is 0.0938. The van der Waals surface area contributed by atoms with Crippen LogP contribution in [-0.4, -0.2) is 12.7 Å². The summed E-state index contributed by atoms with van der Waals surface area (Å²) in [5.41, 5.74) is 9.33. The van der Waals surface area contributed by atoms with Crippen molar-refractivity contribution in [3.63, 3.8) is 0 Å². The summed E-state index contributed by atoms with van der Waals surface area (Å²) in [6.07, 6.45) is 16.1. The van der Waals surface area contributed by atoms with Gasteiger partial charge in [-0.3, -0.25) is 0 Å². The Morgan fingerprint density at radius 3 is 2.06 bits per heavy atom. The Morgan fingerprint density at radius 1 is 0.875 bits per heavy atom. The Bertz CT molecular complexity index is 881. The van der Waals surface area contributed by atoms with E-state index in [-0.39, 0.29) is 5.60 Å². The van der Waals surface area contributed by atoms with Crippen molar-refractivity contribution in [2.24, 2.45) is 0 Å². The summed E-state index contributed by atoms with van der Waals surface area (Å²) in [6, 6.07) is 0. The number of benzene rings is 1. The second kappa shape index (κ2) is 11.8. The highest BCUT2D eigenvalue weighted by molar-refractivity contribution is 5.58. The van der Waals surface area contributed by atoms with Crippen LogP contribution >= 0.6 is 0 Å². The van der Waals surface area contributed by atoms with E-state index in [1.54, 1.807) is 7.11 Å². The molecule has 0 radical (unpaired) electrons. The lowest BCUT2D eigenvalue weighted by Gasteiger charge is -2.38. The summed E-state index contributed by atoms with van der Waals surface area (Å²) < 4.78 is 12.3. The van der Waals surface area contributed by atoms with Gasteiger partial charge in [-0.1, -0.05) is 34.9 Å². The maximum Gasteiger partial charge on any atom is 0.127 e. The number of hydrogen-bond acceptors (Lipinski definition) is 2. The van der Waals surface area contributed by atoms with Crippen molar-refractivity contribution in [1.29, 1.82) is 0 Å². The van der Waals surface area contributed by atoms with Gasteiger partial charge in [-0.25, -0.2) is 0 Å². The second-order valence-electron chi connectivity index (χ2n) is 10.3. The summed E-state index contributed by atoms with van der Waals surface area (Å²) in [7, 11) is 1.77. The molecule has 2 nitrogen and oxygen atoms in total. The van der Waals surface area contributed by atoms with Gasteiger partial charge in [0.05, 0.1) is 7.11 Å². The first-order valence-electron chi connectivity index (χ1n) is 12.4. The third-order valence-corrected chi connectivity index (χ3v) is 7.06. The fraction of sp³-hybridized carbons (Fsp3) is 0.600. The predicted octanol–water partition coefficient (Wildman–Crippen LogP) is 8.90. The molecule has 0 saturated heterocycles. The summed E-state index contributed by atoms with van der Waals surface area (Å²) in [6.45, 7) is 17.6. The van der Waals surface area contributed by atoms with Gasteiger partial charge in [0.15, 0.2) is 0 Å². The van der Waals surface area contributed by atoms with Crippen LogP contribution in [-0.2, 0) is 6.42 Å². The lowest BCUT2D eigenvalue weighted by atomic mass is 9.85. The molecule has 1 aliphatic rings. The van der Waals surface area contributed by atoms with Crippen molar-refractivity contribution in [2.45, 2.75) is 112 Å². The van der Waals surface area contributed by atoms with Crippen LogP contribution in [0.1, 0.15) is 102 Å². The molecule has 1 heterocycles. The van der Waals surface area contributed by atoms with E-state index in [0.29, 0.717) is 0 Å². The Labute approximate surface area is 197 Å². The molecule has 0 N–H and O–H groups in total.